The quantitative estimate of drug-likeness (QED) is 0.800. The Morgan fingerprint density at radius 2 is 2.00 bits per heavy atom. The van der Waals surface area contributed by atoms with Crippen LogP contribution in [-0.4, -0.2) is 5.91 Å². The summed E-state index contributed by atoms with van der Waals surface area (Å²) in [4.78, 5) is 11.5. The lowest BCUT2D eigenvalue weighted by atomic mass is 10.0. The summed E-state index contributed by atoms with van der Waals surface area (Å²) < 4.78 is 0. The van der Waals surface area contributed by atoms with Crippen LogP contribution in [0.2, 0.25) is 0 Å². The summed E-state index contributed by atoms with van der Waals surface area (Å²) >= 11 is 0. The van der Waals surface area contributed by atoms with Gasteiger partial charge in [-0.25, -0.2) is 0 Å². The molecule has 0 radical (unpaired) electrons. The van der Waals surface area contributed by atoms with E-state index >= 15 is 0 Å². The molecule has 1 aromatic carbocycles. The third-order valence-corrected chi connectivity index (χ3v) is 2.33. The van der Waals surface area contributed by atoms with Crippen molar-refractivity contribution >= 4 is 11.6 Å². The lowest BCUT2D eigenvalue weighted by Gasteiger charge is -2.13. The third-order valence-electron chi connectivity index (χ3n) is 2.33. The molecule has 0 atom stereocenters. The zero-order valence-corrected chi connectivity index (χ0v) is 9.71. The predicted octanol–water partition coefficient (Wildman–Crippen LogP) is 3.55. The van der Waals surface area contributed by atoms with Crippen LogP contribution in [-0.2, 0) is 4.79 Å². The van der Waals surface area contributed by atoms with E-state index in [1.165, 1.54) is 5.56 Å². The first kappa shape index (κ1) is 11.8. The molecular formula is C13H19NO. The standard InChI is InChI=1S/C13H19NO/c1-4-7-13(15)14-12-9-6-5-8-11(12)10(2)3/h5-6,8-10H,4,7H2,1-3H3,(H,14,15). The Balaban J connectivity index is 2.80. The number of hydrogen-bond donors (Lipinski definition) is 1. The summed E-state index contributed by atoms with van der Waals surface area (Å²) in [5.74, 6) is 0.536. The molecule has 82 valence electrons. The fourth-order valence-electron chi connectivity index (χ4n) is 1.55. The summed E-state index contributed by atoms with van der Waals surface area (Å²) in [5.41, 5.74) is 2.15. The molecule has 0 aliphatic carbocycles. The van der Waals surface area contributed by atoms with Crippen LogP contribution in [0.25, 0.3) is 0 Å². The van der Waals surface area contributed by atoms with Gasteiger partial charge in [0.1, 0.15) is 0 Å². The highest BCUT2D eigenvalue weighted by atomic mass is 16.1. The number of anilines is 1. The van der Waals surface area contributed by atoms with Crippen molar-refractivity contribution in [1.29, 1.82) is 0 Å². The van der Waals surface area contributed by atoms with E-state index in [4.69, 9.17) is 0 Å². The first-order valence-corrected chi connectivity index (χ1v) is 5.54. The molecule has 0 bridgehead atoms. The van der Waals surface area contributed by atoms with Gasteiger partial charge in [-0.3, -0.25) is 4.79 Å². The van der Waals surface area contributed by atoms with Gasteiger partial charge in [-0.15, -0.1) is 0 Å². The van der Waals surface area contributed by atoms with Gasteiger partial charge in [-0.05, 0) is 24.0 Å². The average molecular weight is 205 g/mol. The number of carbonyl (C=O) groups is 1. The molecule has 0 aromatic heterocycles. The highest BCUT2D eigenvalue weighted by molar-refractivity contribution is 5.91. The van der Waals surface area contributed by atoms with Crippen molar-refractivity contribution in [2.75, 3.05) is 5.32 Å². The molecule has 15 heavy (non-hydrogen) atoms. The Hall–Kier alpha value is -1.31. The fourth-order valence-corrected chi connectivity index (χ4v) is 1.55. The van der Waals surface area contributed by atoms with E-state index in [1.54, 1.807) is 0 Å². The van der Waals surface area contributed by atoms with Gasteiger partial charge in [0.2, 0.25) is 5.91 Å². The molecule has 0 heterocycles. The summed E-state index contributed by atoms with van der Waals surface area (Å²) in [5, 5.41) is 2.95. The zero-order chi connectivity index (χ0) is 11.3. The third kappa shape index (κ3) is 3.39. The number of carbonyl (C=O) groups excluding carboxylic acids is 1. The molecule has 1 N–H and O–H groups in total. The summed E-state index contributed by atoms with van der Waals surface area (Å²) in [6, 6.07) is 7.98. The van der Waals surface area contributed by atoms with Gasteiger partial charge in [0.15, 0.2) is 0 Å². The Bertz CT molecular complexity index is 331. The van der Waals surface area contributed by atoms with Crippen molar-refractivity contribution in [2.24, 2.45) is 0 Å². The second-order valence-corrected chi connectivity index (χ2v) is 4.04. The zero-order valence-electron chi connectivity index (χ0n) is 9.71. The SMILES string of the molecule is CCCC(=O)Nc1ccccc1C(C)C. The number of nitrogens with one attached hydrogen (secondary N) is 1. The molecular weight excluding hydrogens is 186 g/mol. The molecule has 0 aliphatic rings. The van der Waals surface area contributed by atoms with Gasteiger partial charge in [0, 0.05) is 12.1 Å². The number of para-hydroxylation sites is 1. The monoisotopic (exact) mass is 205 g/mol. The first-order valence-electron chi connectivity index (χ1n) is 5.54. The largest absolute Gasteiger partial charge is 0.326 e. The second-order valence-electron chi connectivity index (χ2n) is 4.04. The average Bonchev–Trinajstić information content (AvgIpc) is 2.18. The Morgan fingerprint density at radius 1 is 1.33 bits per heavy atom. The normalized spacial score (nSPS) is 10.4. The van der Waals surface area contributed by atoms with Crippen LogP contribution in [0.15, 0.2) is 24.3 Å². The van der Waals surface area contributed by atoms with Crippen LogP contribution < -0.4 is 5.32 Å². The molecule has 1 rings (SSSR count). The Kier molecular flexibility index (Phi) is 4.35. The Morgan fingerprint density at radius 3 is 2.60 bits per heavy atom. The number of amides is 1. The minimum absolute atomic E-state index is 0.102. The molecule has 0 fully saturated rings. The van der Waals surface area contributed by atoms with Crippen LogP contribution in [0.5, 0.6) is 0 Å². The molecule has 2 nitrogen and oxygen atoms in total. The smallest absolute Gasteiger partial charge is 0.224 e. The van der Waals surface area contributed by atoms with Gasteiger partial charge in [0.25, 0.3) is 0 Å². The lowest BCUT2D eigenvalue weighted by molar-refractivity contribution is -0.116. The number of rotatable bonds is 4. The van der Waals surface area contributed by atoms with Crippen LogP contribution in [0.1, 0.15) is 45.1 Å². The topological polar surface area (TPSA) is 29.1 Å². The molecule has 0 unspecified atom stereocenters. The molecule has 0 aliphatic heterocycles. The molecule has 0 saturated carbocycles. The van der Waals surface area contributed by atoms with E-state index in [-0.39, 0.29) is 5.91 Å². The van der Waals surface area contributed by atoms with Crippen molar-refractivity contribution in [3.63, 3.8) is 0 Å². The van der Waals surface area contributed by atoms with Crippen LogP contribution in [0, 0.1) is 0 Å². The van der Waals surface area contributed by atoms with E-state index in [2.05, 4.69) is 25.2 Å². The maximum atomic E-state index is 11.5. The molecule has 0 spiro atoms. The highest BCUT2D eigenvalue weighted by Crippen LogP contribution is 2.23. The molecule has 2 heteroatoms. The van der Waals surface area contributed by atoms with Gasteiger partial charge < -0.3 is 5.32 Å². The number of hydrogen-bond acceptors (Lipinski definition) is 1. The van der Waals surface area contributed by atoms with E-state index < -0.39 is 0 Å². The van der Waals surface area contributed by atoms with Crippen molar-refractivity contribution in [3.05, 3.63) is 29.8 Å². The van der Waals surface area contributed by atoms with Crippen molar-refractivity contribution in [2.45, 2.75) is 39.5 Å². The number of benzene rings is 1. The predicted molar refractivity (Wildman–Crippen MR) is 64.1 cm³/mol. The van der Waals surface area contributed by atoms with E-state index in [1.807, 2.05) is 25.1 Å². The maximum Gasteiger partial charge on any atom is 0.224 e. The van der Waals surface area contributed by atoms with Crippen LogP contribution in [0.4, 0.5) is 5.69 Å². The highest BCUT2D eigenvalue weighted by Gasteiger charge is 2.07. The second kappa shape index (κ2) is 5.54. The molecule has 1 amide bonds. The first-order chi connectivity index (χ1) is 7.15. The summed E-state index contributed by atoms with van der Waals surface area (Å²) in [6.07, 6.45) is 1.47. The van der Waals surface area contributed by atoms with Gasteiger partial charge in [-0.1, -0.05) is 39.0 Å². The minimum Gasteiger partial charge on any atom is -0.326 e. The maximum absolute atomic E-state index is 11.5. The van der Waals surface area contributed by atoms with E-state index in [0.29, 0.717) is 12.3 Å². The van der Waals surface area contributed by atoms with Crippen molar-refractivity contribution < 1.29 is 4.79 Å². The van der Waals surface area contributed by atoms with Crippen molar-refractivity contribution in [1.82, 2.24) is 0 Å². The summed E-state index contributed by atoms with van der Waals surface area (Å²) in [6.45, 7) is 6.27. The molecule has 0 saturated heterocycles. The van der Waals surface area contributed by atoms with Gasteiger partial charge >= 0.3 is 0 Å². The van der Waals surface area contributed by atoms with Gasteiger partial charge in [-0.2, -0.15) is 0 Å². The van der Waals surface area contributed by atoms with E-state index in [0.717, 1.165) is 12.1 Å². The summed E-state index contributed by atoms with van der Waals surface area (Å²) in [7, 11) is 0. The van der Waals surface area contributed by atoms with Crippen molar-refractivity contribution in [3.8, 4) is 0 Å². The van der Waals surface area contributed by atoms with Crippen LogP contribution >= 0.6 is 0 Å². The lowest BCUT2D eigenvalue weighted by Crippen LogP contribution is -2.12. The molecule has 1 aromatic rings. The van der Waals surface area contributed by atoms with E-state index in [9.17, 15) is 4.79 Å². The minimum atomic E-state index is 0.102. The fraction of sp³-hybridized carbons (Fsp3) is 0.462. The Labute approximate surface area is 91.7 Å². The van der Waals surface area contributed by atoms with Gasteiger partial charge in [0.05, 0.1) is 0 Å². The van der Waals surface area contributed by atoms with Crippen LogP contribution in [0.3, 0.4) is 0 Å².